The Bertz CT molecular complexity index is 3560. The van der Waals surface area contributed by atoms with Crippen LogP contribution in [0.3, 0.4) is 0 Å². The summed E-state index contributed by atoms with van der Waals surface area (Å²) < 4.78 is 4.86. The molecular formula is C58H39N3. The van der Waals surface area contributed by atoms with Crippen LogP contribution in [0.5, 0.6) is 0 Å². The van der Waals surface area contributed by atoms with Gasteiger partial charge >= 0.3 is 0 Å². The number of fused-ring (bicyclic) bond motifs is 8. The van der Waals surface area contributed by atoms with Crippen molar-refractivity contribution in [1.29, 1.82) is 0 Å². The van der Waals surface area contributed by atoms with Crippen molar-refractivity contribution < 1.29 is 0 Å². The molecule has 2 heterocycles. The fourth-order valence-corrected chi connectivity index (χ4v) is 9.57. The zero-order chi connectivity index (χ0) is 40.3. The lowest BCUT2D eigenvalue weighted by Gasteiger charge is -2.27. The second kappa shape index (κ2) is 14.3. The average molecular weight is 778 g/mol. The van der Waals surface area contributed by atoms with Crippen molar-refractivity contribution in [3.63, 3.8) is 0 Å². The maximum atomic E-state index is 2.46. The molecule has 0 saturated heterocycles. The number of rotatable bonds is 7. The molecule has 0 spiro atoms. The first-order valence-corrected chi connectivity index (χ1v) is 20.9. The summed E-state index contributed by atoms with van der Waals surface area (Å²) in [5.74, 6) is 0. The number of aromatic nitrogens is 2. The van der Waals surface area contributed by atoms with Crippen molar-refractivity contribution in [1.82, 2.24) is 9.13 Å². The van der Waals surface area contributed by atoms with E-state index in [1.165, 1.54) is 71.1 Å². The first-order chi connectivity index (χ1) is 30.3. The molecule has 0 N–H and O–H groups in total. The van der Waals surface area contributed by atoms with Crippen LogP contribution in [-0.4, -0.2) is 9.13 Å². The van der Waals surface area contributed by atoms with Gasteiger partial charge in [0.05, 0.1) is 22.1 Å². The zero-order valence-electron chi connectivity index (χ0n) is 33.4. The SMILES string of the molecule is c1ccc(-c2ccc(N(c3cccc(-n4c5cccc(-c6ccccc6)c5c5c6ccccc6ccc54)c3)c3ccc4c5ccccc5n(-c5ccccc5)c4c3)cc2)cc1. The van der Waals surface area contributed by atoms with E-state index >= 15 is 0 Å². The van der Waals surface area contributed by atoms with Crippen molar-refractivity contribution in [3.8, 4) is 33.6 Å². The first kappa shape index (κ1) is 34.9. The molecule has 2 aromatic heterocycles. The van der Waals surface area contributed by atoms with Gasteiger partial charge in [0.2, 0.25) is 0 Å². The maximum Gasteiger partial charge on any atom is 0.0561 e. The van der Waals surface area contributed by atoms with E-state index in [1.807, 2.05) is 0 Å². The monoisotopic (exact) mass is 777 g/mol. The van der Waals surface area contributed by atoms with Crippen LogP contribution >= 0.6 is 0 Å². The minimum Gasteiger partial charge on any atom is -0.310 e. The molecule has 61 heavy (non-hydrogen) atoms. The summed E-state index contributed by atoms with van der Waals surface area (Å²) in [6, 6.07) is 85.9. The van der Waals surface area contributed by atoms with Gasteiger partial charge in [-0.3, -0.25) is 0 Å². The Morgan fingerprint density at radius 3 is 1.64 bits per heavy atom. The molecule has 0 aliphatic heterocycles. The van der Waals surface area contributed by atoms with Gasteiger partial charge in [0.1, 0.15) is 0 Å². The Morgan fingerprint density at radius 2 is 0.836 bits per heavy atom. The molecule has 286 valence electrons. The molecule has 0 radical (unpaired) electrons. The van der Waals surface area contributed by atoms with Crippen molar-refractivity contribution in [3.05, 3.63) is 237 Å². The number of benzene rings is 10. The highest BCUT2D eigenvalue weighted by Crippen LogP contribution is 2.44. The lowest BCUT2D eigenvalue weighted by Crippen LogP contribution is -2.11. The molecule has 0 aliphatic rings. The molecule has 0 saturated carbocycles. The fraction of sp³-hybridized carbons (Fsp3) is 0. The summed E-state index contributed by atoms with van der Waals surface area (Å²) >= 11 is 0. The van der Waals surface area contributed by atoms with Crippen LogP contribution < -0.4 is 4.90 Å². The van der Waals surface area contributed by atoms with Crippen LogP contribution in [0.15, 0.2) is 237 Å². The quantitative estimate of drug-likeness (QED) is 0.157. The molecule has 0 atom stereocenters. The van der Waals surface area contributed by atoms with Gasteiger partial charge in [-0.05, 0) is 106 Å². The van der Waals surface area contributed by atoms with Crippen LogP contribution in [0.4, 0.5) is 17.1 Å². The van der Waals surface area contributed by atoms with E-state index < -0.39 is 0 Å². The van der Waals surface area contributed by atoms with Crippen LogP contribution in [0.1, 0.15) is 0 Å². The second-order valence-electron chi connectivity index (χ2n) is 15.7. The molecule has 3 heteroatoms. The van der Waals surface area contributed by atoms with Gasteiger partial charge in [-0.2, -0.15) is 0 Å². The highest BCUT2D eigenvalue weighted by molar-refractivity contribution is 6.25. The van der Waals surface area contributed by atoms with E-state index in [4.69, 9.17) is 0 Å². The largest absolute Gasteiger partial charge is 0.310 e. The van der Waals surface area contributed by atoms with E-state index in [2.05, 4.69) is 251 Å². The van der Waals surface area contributed by atoms with Crippen LogP contribution in [0, 0.1) is 0 Å². The summed E-state index contributed by atoms with van der Waals surface area (Å²) in [5.41, 5.74) is 15.0. The van der Waals surface area contributed by atoms with Crippen LogP contribution in [-0.2, 0) is 0 Å². The van der Waals surface area contributed by atoms with E-state index in [-0.39, 0.29) is 0 Å². The Labute approximate surface area is 354 Å². The van der Waals surface area contributed by atoms with Crippen LogP contribution in [0.2, 0.25) is 0 Å². The summed E-state index contributed by atoms with van der Waals surface area (Å²) in [5, 5.41) is 7.49. The normalized spacial score (nSPS) is 11.6. The number of anilines is 3. The molecule has 0 fully saturated rings. The highest BCUT2D eigenvalue weighted by Gasteiger charge is 2.21. The third-order valence-electron chi connectivity index (χ3n) is 12.3. The number of hydrogen-bond acceptors (Lipinski definition) is 1. The van der Waals surface area contributed by atoms with Gasteiger partial charge in [-0.25, -0.2) is 0 Å². The molecule has 12 rings (SSSR count). The summed E-state index contributed by atoms with van der Waals surface area (Å²) in [4.78, 5) is 2.41. The maximum absolute atomic E-state index is 2.46. The Balaban J connectivity index is 1.10. The molecule has 0 unspecified atom stereocenters. The Kier molecular flexibility index (Phi) is 8.17. The molecule has 0 amide bonds. The Hall–Kier alpha value is -8.14. The molecule has 3 nitrogen and oxygen atoms in total. The fourth-order valence-electron chi connectivity index (χ4n) is 9.57. The van der Waals surface area contributed by atoms with Crippen molar-refractivity contribution in [2.45, 2.75) is 0 Å². The van der Waals surface area contributed by atoms with Gasteiger partial charge in [0, 0.05) is 50.0 Å². The molecule has 0 bridgehead atoms. The van der Waals surface area contributed by atoms with Gasteiger partial charge in [-0.15, -0.1) is 0 Å². The summed E-state index contributed by atoms with van der Waals surface area (Å²) in [6.45, 7) is 0. The van der Waals surface area contributed by atoms with Crippen molar-refractivity contribution >= 4 is 71.4 Å². The summed E-state index contributed by atoms with van der Waals surface area (Å²) in [7, 11) is 0. The first-order valence-electron chi connectivity index (χ1n) is 20.9. The van der Waals surface area contributed by atoms with E-state index in [0.29, 0.717) is 0 Å². The predicted octanol–water partition coefficient (Wildman–Crippen LogP) is 15.8. The van der Waals surface area contributed by atoms with Gasteiger partial charge < -0.3 is 14.0 Å². The number of para-hydroxylation sites is 2. The third-order valence-corrected chi connectivity index (χ3v) is 12.3. The zero-order valence-corrected chi connectivity index (χ0v) is 33.4. The van der Waals surface area contributed by atoms with Gasteiger partial charge in [0.25, 0.3) is 0 Å². The highest BCUT2D eigenvalue weighted by atomic mass is 15.1. The number of nitrogens with zero attached hydrogens (tertiary/aromatic N) is 3. The van der Waals surface area contributed by atoms with Crippen LogP contribution in [0.25, 0.3) is 88.0 Å². The average Bonchev–Trinajstić information content (AvgIpc) is 3.86. The van der Waals surface area contributed by atoms with E-state index in [0.717, 1.165) is 34.0 Å². The minimum absolute atomic E-state index is 1.07. The molecule has 0 aliphatic carbocycles. The second-order valence-corrected chi connectivity index (χ2v) is 15.7. The minimum atomic E-state index is 1.07. The van der Waals surface area contributed by atoms with Gasteiger partial charge in [0.15, 0.2) is 0 Å². The molecule has 12 aromatic rings. The molecule has 10 aromatic carbocycles. The third kappa shape index (κ3) is 5.74. The summed E-state index contributed by atoms with van der Waals surface area (Å²) in [6.07, 6.45) is 0. The lowest BCUT2D eigenvalue weighted by molar-refractivity contribution is 1.17. The predicted molar refractivity (Wildman–Crippen MR) is 258 cm³/mol. The molecular weight excluding hydrogens is 739 g/mol. The van der Waals surface area contributed by atoms with Crippen molar-refractivity contribution in [2.24, 2.45) is 0 Å². The van der Waals surface area contributed by atoms with Crippen molar-refractivity contribution in [2.75, 3.05) is 4.90 Å². The number of hydrogen-bond donors (Lipinski definition) is 0. The standard InChI is InChI=1S/C58H39N3/c1-4-16-40(17-5-1)41-30-33-45(34-31-41)59(48-35-36-52-51-26-12-13-28-53(51)60(56(52)39-48)44-21-8-3-9-22-44)46-23-14-24-47(38-46)61-54-29-15-27-50(42-18-6-2-7-19-42)57(54)58-49-25-11-10-20-43(49)32-37-55(58)61/h1-39H. The lowest BCUT2D eigenvalue weighted by atomic mass is 9.97. The topological polar surface area (TPSA) is 13.1 Å². The van der Waals surface area contributed by atoms with E-state index in [9.17, 15) is 0 Å². The Morgan fingerprint density at radius 1 is 0.279 bits per heavy atom. The van der Waals surface area contributed by atoms with E-state index in [1.54, 1.807) is 0 Å². The van der Waals surface area contributed by atoms with Gasteiger partial charge in [-0.1, -0.05) is 164 Å². The smallest absolute Gasteiger partial charge is 0.0561 e.